The molecule has 0 radical (unpaired) electrons. The first-order valence-electron chi connectivity index (χ1n) is 9.41. The normalized spacial score (nSPS) is 12.5. The fourth-order valence-corrected chi connectivity index (χ4v) is 3.49. The smallest absolute Gasteiger partial charge is 0.146 e. The van der Waals surface area contributed by atoms with Gasteiger partial charge in [0.2, 0.25) is 0 Å². The predicted octanol–water partition coefficient (Wildman–Crippen LogP) is 5.93. The fraction of sp³-hybridized carbons (Fsp3) is 0.240. The highest BCUT2D eigenvalue weighted by molar-refractivity contribution is 5.47. The molecule has 0 aliphatic rings. The first kappa shape index (κ1) is 18.9. The van der Waals surface area contributed by atoms with Crippen molar-refractivity contribution in [1.29, 1.82) is 5.26 Å². The van der Waals surface area contributed by atoms with Crippen LogP contribution in [-0.4, -0.2) is 6.10 Å². The Balaban J connectivity index is 2.24. The molecule has 0 aromatic heterocycles. The summed E-state index contributed by atoms with van der Waals surface area (Å²) >= 11 is 0. The molecule has 0 unspecified atom stereocenters. The Morgan fingerprint density at radius 1 is 0.741 bits per heavy atom. The Morgan fingerprint density at radius 3 is 1.41 bits per heavy atom. The second kappa shape index (κ2) is 8.66. The van der Waals surface area contributed by atoms with Crippen LogP contribution in [0.15, 0.2) is 91.0 Å². The fourth-order valence-electron chi connectivity index (χ4n) is 3.49. The molecule has 3 aromatic rings. The molecule has 0 aliphatic carbocycles. The summed E-state index contributed by atoms with van der Waals surface area (Å²) in [5.41, 5.74) is 2.23. The van der Waals surface area contributed by atoms with Gasteiger partial charge in [-0.3, -0.25) is 0 Å². The molecule has 0 N–H and O–H groups in total. The number of ether oxygens (including phenoxy) is 1. The molecule has 0 bridgehead atoms. The molecule has 0 saturated carbocycles. The van der Waals surface area contributed by atoms with Crippen molar-refractivity contribution in [3.63, 3.8) is 0 Å². The van der Waals surface area contributed by atoms with Crippen LogP contribution in [0, 0.1) is 17.2 Å². The summed E-state index contributed by atoms with van der Waals surface area (Å²) in [7, 11) is 0. The molecule has 0 amide bonds. The maximum Gasteiger partial charge on any atom is 0.146 e. The van der Waals surface area contributed by atoms with Gasteiger partial charge in [-0.25, -0.2) is 0 Å². The average molecular weight is 355 g/mol. The van der Waals surface area contributed by atoms with Crippen molar-refractivity contribution in [2.24, 2.45) is 5.92 Å². The van der Waals surface area contributed by atoms with E-state index in [1.165, 1.54) is 0 Å². The molecule has 136 valence electrons. The van der Waals surface area contributed by atoms with Gasteiger partial charge in [0.15, 0.2) is 0 Å². The van der Waals surface area contributed by atoms with E-state index in [1.54, 1.807) is 0 Å². The van der Waals surface area contributed by atoms with E-state index in [0.29, 0.717) is 12.3 Å². The van der Waals surface area contributed by atoms with E-state index in [4.69, 9.17) is 4.74 Å². The lowest BCUT2D eigenvalue weighted by Crippen LogP contribution is -2.37. The largest absolute Gasteiger partial charge is 0.343 e. The lowest BCUT2D eigenvalue weighted by molar-refractivity contribution is -0.0287. The summed E-state index contributed by atoms with van der Waals surface area (Å²) in [6, 6.07) is 32.9. The Morgan fingerprint density at radius 2 is 1.11 bits per heavy atom. The van der Waals surface area contributed by atoms with Gasteiger partial charge in [-0.2, -0.15) is 5.26 Å². The van der Waals surface area contributed by atoms with Crippen LogP contribution in [0.25, 0.3) is 0 Å². The van der Waals surface area contributed by atoms with Gasteiger partial charge in [-0.1, -0.05) is 105 Å². The van der Waals surface area contributed by atoms with Crippen LogP contribution in [0.4, 0.5) is 0 Å². The Labute approximate surface area is 162 Å². The van der Waals surface area contributed by atoms with Crippen LogP contribution in [0.2, 0.25) is 0 Å². The second-order valence-electron chi connectivity index (χ2n) is 7.14. The molecule has 2 heteroatoms. The van der Waals surface area contributed by atoms with Crippen molar-refractivity contribution in [2.75, 3.05) is 0 Å². The third-order valence-electron chi connectivity index (χ3n) is 4.69. The van der Waals surface area contributed by atoms with Crippen molar-refractivity contribution in [1.82, 2.24) is 0 Å². The van der Waals surface area contributed by atoms with Crippen LogP contribution < -0.4 is 0 Å². The number of rotatable bonds is 7. The lowest BCUT2D eigenvalue weighted by Gasteiger charge is -2.37. The first-order valence-corrected chi connectivity index (χ1v) is 9.41. The molecule has 0 heterocycles. The maximum atomic E-state index is 9.80. The zero-order chi connectivity index (χ0) is 19.1. The summed E-state index contributed by atoms with van der Waals surface area (Å²) in [5.74, 6) is 0.370. The maximum absolute atomic E-state index is 9.80. The van der Waals surface area contributed by atoms with Crippen LogP contribution in [0.1, 0.15) is 37.0 Å². The van der Waals surface area contributed by atoms with Crippen LogP contribution in [0.5, 0.6) is 0 Å². The monoisotopic (exact) mass is 355 g/mol. The molecule has 3 rings (SSSR count). The molecule has 0 aliphatic heterocycles. The number of hydrogen-bond donors (Lipinski definition) is 0. The first-order chi connectivity index (χ1) is 13.2. The van der Waals surface area contributed by atoms with Crippen molar-refractivity contribution in [3.8, 4) is 6.07 Å². The molecule has 0 fully saturated rings. The van der Waals surface area contributed by atoms with E-state index in [2.05, 4.69) is 56.3 Å². The summed E-state index contributed by atoms with van der Waals surface area (Å²) in [6.07, 6.45) is 0.177. The molecule has 3 aromatic carbocycles. The van der Waals surface area contributed by atoms with E-state index >= 15 is 0 Å². The summed E-state index contributed by atoms with van der Waals surface area (Å²) < 4.78 is 6.70. The number of nitrogens with zero attached hydrogens (tertiary/aromatic N) is 1. The van der Waals surface area contributed by atoms with Gasteiger partial charge < -0.3 is 4.74 Å². The topological polar surface area (TPSA) is 33.0 Å². The molecule has 27 heavy (non-hydrogen) atoms. The van der Waals surface area contributed by atoms with E-state index in [1.807, 2.05) is 54.6 Å². The molecule has 0 saturated heterocycles. The van der Waals surface area contributed by atoms with Gasteiger partial charge >= 0.3 is 0 Å². The minimum Gasteiger partial charge on any atom is -0.343 e. The molecule has 2 nitrogen and oxygen atoms in total. The van der Waals surface area contributed by atoms with Crippen molar-refractivity contribution >= 4 is 0 Å². The summed E-state index contributed by atoms with van der Waals surface area (Å²) in [6.45, 7) is 4.23. The van der Waals surface area contributed by atoms with Crippen LogP contribution in [-0.2, 0) is 10.3 Å². The van der Waals surface area contributed by atoms with Crippen molar-refractivity contribution in [3.05, 3.63) is 108 Å². The predicted molar refractivity (Wildman–Crippen MR) is 109 cm³/mol. The van der Waals surface area contributed by atoms with Crippen molar-refractivity contribution < 1.29 is 4.74 Å². The highest BCUT2D eigenvalue weighted by Crippen LogP contribution is 2.41. The summed E-state index contributed by atoms with van der Waals surface area (Å²) in [4.78, 5) is 0. The third-order valence-corrected chi connectivity index (χ3v) is 4.69. The second-order valence-corrected chi connectivity index (χ2v) is 7.14. The molecule has 1 atom stereocenters. The minimum absolute atomic E-state index is 0.370. The molecular formula is C25H25NO. The Hall–Kier alpha value is -2.89. The van der Waals surface area contributed by atoms with Gasteiger partial charge in [0.25, 0.3) is 0 Å². The standard InChI is InChI=1S/C25H25NO/c1-20(2)18-24(19-26)27-25(21-12-6-3-7-13-21,22-14-8-4-9-15-22)23-16-10-5-11-17-23/h3-17,20,24H,18H2,1-2H3/t24-/m0/s1. The zero-order valence-corrected chi connectivity index (χ0v) is 15.9. The van der Waals surface area contributed by atoms with Gasteiger partial charge in [0, 0.05) is 0 Å². The van der Waals surface area contributed by atoms with Gasteiger partial charge in [-0.05, 0) is 29.0 Å². The third kappa shape index (κ3) is 4.10. The van der Waals surface area contributed by atoms with Crippen molar-refractivity contribution in [2.45, 2.75) is 32.0 Å². The number of hydrogen-bond acceptors (Lipinski definition) is 2. The van der Waals surface area contributed by atoms with Crippen LogP contribution in [0.3, 0.4) is 0 Å². The Kier molecular flexibility index (Phi) is 6.06. The quantitative estimate of drug-likeness (QED) is 0.492. The minimum atomic E-state index is -0.834. The average Bonchev–Trinajstić information content (AvgIpc) is 2.73. The van der Waals surface area contributed by atoms with E-state index in [0.717, 1.165) is 16.7 Å². The lowest BCUT2D eigenvalue weighted by atomic mass is 9.79. The van der Waals surface area contributed by atoms with E-state index in [-0.39, 0.29) is 0 Å². The van der Waals surface area contributed by atoms with Gasteiger partial charge in [0.1, 0.15) is 11.7 Å². The highest BCUT2D eigenvalue weighted by atomic mass is 16.5. The van der Waals surface area contributed by atoms with Gasteiger partial charge in [0.05, 0.1) is 6.07 Å². The molecule has 0 spiro atoms. The van der Waals surface area contributed by atoms with E-state index < -0.39 is 11.7 Å². The Bertz CT molecular complexity index is 770. The SMILES string of the molecule is CC(C)C[C@@H](C#N)OC(c1ccccc1)(c1ccccc1)c1ccccc1. The zero-order valence-electron chi connectivity index (χ0n) is 15.9. The van der Waals surface area contributed by atoms with E-state index in [9.17, 15) is 5.26 Å². The van der Waals surface area contributed by atoms with Gasteiger partial charge in [-0.15, -0.1) is 0 Å². The molecular weight excluding hydrogens is 330 g/mol. The number of benzene rings is 3. The number of nitriles is 1. The van der Waals surface area contributed by atoms with Crippen LogP contribution >= 0.6 is 0 Å². The highest BCUT2D eigenvalue weighted by Gasteiger charge is 2.39. The summed E-state index contributed by atoms with van der Waals surface area (Å²) in [5, 5.41) is 9.80.